The Balaban J connectivity index is 1.76. The highest BCUT2D eigenvalue weighted by Gasteiger charge is 2.18. The maximum absolute atomic E-state index is 12.1. The van der Waals surface area contributed by atoms with Crippen molar-refractivity contribution in [1.82, 2.24) is 20.0 Å². The summed E-state index contributed by atoms with van der Waals surface area (Å²) >= 11 is 0. The highest BCUT2D eigenvalue weighted by molar-refractivity contribution is 5.90. The molecule has 6 heteroatoms. The quantitative estimate of drug-likeness (QED) is 0.680. The first-order valence-electron chi connectivity index (χ1n) is 9.57. The van der Waals surface area contributed by atoms with Crippen LogP contribution in [0.4, 0.5) is 0 Å². The lowest BCUT2D eigenvalue weighted by molar-refractivity contribution is -0.130. The molecule has 0 unspecified atom stereocenters. The van der Waals surface area contributed by atoms with Gasteiger partial charge in [-0.1, -0.05) is 37.6 Å². The molecule has 1 aromatic carbocycles. The molecule has 3 aromatic rings. The first-order valence-corrected chi connectivity index (χ1v) is 9.57. The van der Waals surface area contributed by atoms with E-state index < -0.39 is 0 Å². The van der Waals surface area contributed by atoms with Crippen LogP contribution in [-0.2, 0) is 17.6 Å². The molecule has 0 atom stereocenters. The highest BCUT2D eigenvalue weighted by atomic mass is 16.5. The summed E-state index contributed by atoms with van der Waals surface area (Å²) in [5, 5.41) is 5.30. The molecule has 0 aliphatic carbocycles. The number of benzene rings is 1. The number of aromatic nitrogens is 3. The molecular weight excluding hydrogens is 340 g/mol. The smallest absolute Gasteiger partial charge is 0.274 e. The maximum Gasteiger partial charge on any atom is 0.274 e. The fourth-order valence-electron chi connectivity index (χ4n) is 3.27. The molecule has 0 aliphatic heterocycles. The molecule has 1 amide bonds. The number of aryl methyl sites for hydroxylation is 2. The number of hydrogen-bond donors (Lipinski definition) is 1. The second-order valence-corrected chi connectivity index (χ2v) is 7.56. The third-order valence-electron chi connectivity index (χ3n) is 4.78. The average molecular weight is 368 g/mol. The van der Waals surface area contributed by atoms with E-state index in [4.69, 9.17) is 4.52 Å². The standard InChI is InChI=1S/C21H28N4O2/c1-6-15-16-12-14(4)7-8-17(16)22-20(15)21-23-18(24-27-21)9-10-25(5)19(26)11-13(2)3/h7-8,12-13,22H,6,9-11H2,1-5H3. The van der Waals surface area contributed by atoms with Crippen molar-refractivity contribution in [2.45, 2.75) is 47.0 Å². The summed E-state index contributed by atoms with van der Waals surface area (Å²) in [7, 11) is 1.82. The summed E-state index contributed by atoms with van der Waals surface area (Å²) in [6, 6.07) is 6.35. The molecule has 0 radical (unpaired) electrons. The Labute approximate surface area is 160 Å². The van der Waals surface area contributed by atoms with Crippen LogP contribution < -0.4 is 0 Å². The third-order valence-corrected chi connectivity index (χ3v) is 4.78. The minimum Gasteiger partial charge on any atom is -0.350 e. The van der Waals surface area contributed by atoms with Crippen molar-refractivity contribution >= 4 is 16.8 Å². The molecular formula is C21H28N4O2. The molecule has 0 aliphatic rings. The Bertz CT molecular complexity index is 939. The lowest BCUT2D eigenvalue weighted by Gasteiger charge is -2.17. The van der Waals surface area contributed by atoms with Gasteiger partial charge in [-0.3, -0.25) is 4.79 Å². The zero-order chi connectivity index (χ0) is 19.6. The number of H-pyrrole nitrogens is 1. The van der Waals surface area contributed by atoms with Gasteiger partial charge in [0.25, 0.3) is 5.89 Å². The Morgan fingerprint density at radius 1 is 1.33 bits per heavy atom. The summed E-state index contributed by atoms with van der Waals surface area (Å²) in [6.07, 6.45) is 2.01. The lowest BCUT2D eigenvalue weighted by atomic mass is 10.1. The Morgan fingerprint density at radius 3 is 2.81 bits per heavy atom. The topological polar surface area (TPSA) is 75.0 Å². The molecule has 1 N–H and O–H groups in total. The molecule has 0 spiro atoms. The third kappa shape index (κ3) is 4.21. The van der Waals surface area contributed by atoms with E-state index in [-0.39, 0.29) is 5.91 Å². The van der Waals surface area contributed by atoms with Crippen LogP contribution in [0.25, 0.3) is 22.5 Å². The molecule has 144 valence electrons. The molecule has 27 heavy (non-hydrogen) atoms. The van der Waals surface area contributed by atoms with Gasteiger partial charge in [0.15, 0.2) is 5.82 Å². The number of fused-ring (bicyclic) bond motifs is 1. The van der Waals surface area contributed by atoms with Gasteiger partial charge < -0.3 is 14.4 Å². The molecule has 0 saturated carbocycles. The largest absolute Gasteiger partial charge is 0.350 e. The van der Waals surface area contributed by atoms with Gasteiger partial charge in [0.1, 0.15) is 5.69 Å². The fourth-order valence-corrected chi connectivity index (χ4v) is 3.27. The molecule has 2 heterocycles. The zero-order valence-electron chi connectivity index (χ0n) is 16.8. The van der Waals surface area contributed by atoms with Crippen molar-refractivity contribution in [2.24, 2.45) is 5.92 Å². The van der Waals surface area contributed by atoms with Crippen molar-refractivity contribution in [2.75, 3.05) is 13.6 Å². The number of rotatable bonds is 7. The van der Waals surface area contributed by atoms with Crippen LogP contribution >= 0.6 is 0 Å². The van der Waals surface area contributed by atoms with Crippen LogP contribution in [0.15, 0.2) is 22.7 Å². The van der Waals surface area contributed by atoms with Crippen LogP contribution in [0.1, 0.15) is 44.1 Å². The van der Waals surface area contributed by atoms with Crippen LogP contribution in [0.2, 0.25) is 0 Å². The van der Waals surface area contributed by atoms with Gasteiger partial charge in [0, 0.05) is 37.3 Å². The summed E-state index contributed by atoms with van der Waals surface area (Å²) in [6.45, 7) is 8.89. The summed E-state index contributed by atoms with van der Waals surface area (Å²) in [5.74, 6) is 1.63. The Hall–Kier alpha value is -2.63. The first kappa shape index (κ1) is 19.1. The number of carbonyl (C=O) groups excluding carboxylic acids is 1. The first-order chi connectivity index (χ1) is 12.9. The Morgan fingerprint density at radius 2 is 2.11 bits per heavy atom. The average Bonchev–Trinajstić information content (AvgIpc) is 3.22. The number of carbonyl (C=O) groups is 1. The van der Waals surface area contributed by atoms with Crippen molar-refractivity contribution in [1.29, 1.82) is 0 Å². The van der Waals surface area contributed by atoms with E-state index in [1.807, 2.05) is 20.9 Å². The molecule has 6 nitrogen and oxygen atoms in total. The minimum absolute atomic E-state index is 0.146. The summed E-state index contributed by atoms with van der Waals surface area (Å²) in [5.41, 5.74) is 4.38. The SMILES string of the molecule is CCc1c(-c2nc(CCN(C)C(=O)CC(C)C)no2)[nH]c2ccc(C)cc12. The fraction of sp³-hybridized carbons (Fsp3) is 0.476. The van der Waals surface area contributed by atoms with E-state index in [1.165, 1.54) is 16.5 Å². The second kappa shape index (κ2) is 7.94. The number of hydrogen-bond acceptors (Lipinski definition) is 4. The normalized spacial score (nSPS) is 11.5. The van der Waals surface area contributed by atoms with Crippen molar-refractivity contribution in [3.05, 3.63) is 35.2 Å². The van der Waals surface area contributed by atoms with Gasteiger partial charge >= 0.3 is 0 Å². The van der Waals surface area contributed by atoms with Gasteiger partial charge in [-0.05, 0) is 37.0 Å². The van der Waals surface area contributed by atoms with Crippen molar-refractivity contribution < 1.29 is 9.32 Å². The monoisotopic (exact) mass is 368 g/mol. The number of amides is 1. The predicted octanol–water partition coefficient (Wildman–Crippen LogP) is 4.14. The Kier molecular flexibility index (Phi) is 5.63. The summed E-state index contributed by atoms with van der Waals surface area (Å²) < 4.78 is 5.51. The van der Waals surface area contributed by atoms with E-state index in [0.29, 0.717) is 37.0 Å². The van der Waals surface area contributed by atoms with Crippen LogP contribution in [0.5, 0.6) is 0 Å². The van der Waals surface area contributed by atoms with Crippen LogP contribution in [0.3, 0.4) is 0 Å². The van der Waals surface area contributed by atoms with Gasteiger partial charge in [-0.25, -0.2) is 0 Å². The minimum atomic E-state index is 0.146. The molecule has 0 fully saturated rings. The second-order valence-electron chi connectivity index (χ2n) is 7.56. The maximum atomic E-state index is 12.1. The predicted molar refractivity (Wildman–Crippen MR) is 107 cm³/mol. The molecule has 0 saturated heterocycles. The lowest BCUT2D eigenvalue weighted by Crippen LogP contribution is -2.29. The van der Waals surface area contributed by atoms with E-state index in [1.54, 1.807) is 4.90 Å². The van der Waals surface area contributed by atoms with Gasteiger partial charge in [-0.2, -0.15) is 4.98 Å². The van der Waals surface area contributed by atoms with E-state index in [2.05, 4.69) is 47.2 Å². The van der Waals surface area contributed by atoms with Crippen LogP contribution in [0, 0.1) is 12.8 Å². The number of nitrogens with zero attached hydrogens (tertiary/aromatic N) is 3. The number of aromatic amines is 1. The van der Waals surface area contributed by atoms with Crippen molar-refractivity contribution in [3.63, 3.8) is 0 Å². The van der Waals surface area contributed by atoms with E-state index >= 15 is 0 Å². The van der Waals surface area contributed by atoms with Gasteiger partial charge in [0.05, 0.1) is 0 Å². The van der Waals surface area contributed by atoms with Gasteiger partial charge in [-0.15, -0.1) is 0 Å². The van der Waals surface area contributed by atoms with E-state index in [0.717, 1.165) is 17.6 Å². The van der Waals surface area contributed by atoms with Crippen molar-refractivity contribution in [3.8, 4) is 11.6 Å². The molecule has 3 rings (SSSR count). The highest BCUT2D eigenvalue weighted by Crippen LogP contribution is 2.30. The number of nitrogens with one attached hydrogen (secondary N) is 1. The van der Waals surface area contributed by atoms with Crippen LogP contribution in [-0.4, -0.2) is 39.5 Å². The summed E-state index contributed by atoms with van der Waals surface area (Å²) in [4.78, 5) is 21.8. The zero-order valence-corrected chi connectivity index (χ0v) is 16.8. The van der Waals surface area contributed by atoms with E-state index in [9.17, 15) is 4.79 Å². The van der Waals surface area contributed by atoms with Gasteiger partial charge in [0.2, 0.25) is 5.91 Å². The molecule has 2 aromatic heterocycles. The molecule has 0 bridgehead atoms. The number of likely N-dealkylation sites (N-methyl/N-ethyl adjacent to an activating group) is 1.